The average molecular weight is 250 g/mol. The van der Waals surface area contributed by atoms with Crippen LogP contribution in [0, 0.1) is 0 Å². The summed E-state index contributed by atoms with van der Waals surface area (Å²) < 4.78 is 24.1. The van der Waals surface area contributed by atoms with Crippen LogP contribution in [0.25, 0.3) is 0 Å². The maximum absolute atomic E-state index is 6.05. The van der Waals surface area contributed by atoms with Gasteiger partial charge in [-0.15, -0.1) is 0 Å². The number of hydrogen-bond donors (Lipinski definition) is 0. The van der Waals surface area contributed by atoms with E-state index in [1.807, 2.05) is 27.7 Å². The molecule has 3 rings (SSSR count). The number of rotatable bonds is 1. The molecule has 4 nitrogen and oxygen atoms in total. The minimum atomic E-state index is -0.436. The van der Waals surface area contributed by atoms with Gasteiger partial charge in [0.15, 0.2) is 7.28 Å². The van der Waals surface area contributed by atoms with Crippen molar-refractivity contribution in [2.75, 3.05) is 0 Å². The van der Waals surface area contributed by atoms with Gasteiger partial charge in [0, 0.05) is 5.50 Å². The lowest BCUT2D eigenvalue weighted by Crippen LogP contribution is -2.62. The van der Waals surface area contributed by atoms with Crippen molar-refractivity contribution in [2.24, 2.45) is 0 Å². The zero-order valence-electron chi connectivity index (χ0n) is 12.2. The molecule has 3 saturated heterocycles. The summed E-state index contributed by atoms with van der Waals surface area (Å²) in [7, 11) is 0.192. The van der Waals surface area contributed by atoms with E-state index in [4.69, 9.17) is 18.6 Å². The zero-order valence-corrected chi connectivity index (χ0v) is 12.2. The van der Waals surface area contributed by atoms with E-state index in [2.05, 4.69) is 13.8 Å². The summed E-state index contributed by atoms with van der Waals surface area (Å²) in [6.07, 6.45) is 1.04. The highest BCUT2D eigenvalue weighted by Crippen LogP contribution is 2.50. The topological polar surface area (TPSA) is 36.9 Å². The molecule has 0 spiro atoms. The van der Waals surface area contributed by atoms with E-state index < -0.39 is 14.0 Å². The Morgan fingerprint density at radius 2 is 1.28 bits per heavy atom. The molecule has 3 heterocycles. The molecule has 18 heavy (non-hydrogen) atoms. The predicted octanol–water partition coefficient (Wildman–Crippen LogP) is 1.04. The summed E-state index contributed by atoms with van der Waals surface area (Å²) >= 11 is 0. The number of fused-ring (bicyclic) bond motifs is 1. The summed E-state index contributed by atoms with van der Waals surface area (Å²) in [5, 5.41) is 0. The van der Waals surface area contributed by atoms with Crippen molar-refractivity contribution < 1.29 is 18.6 Å². The fraction of sp³-hybridized carbons (Fsp3) is 1.00. The van der Waals surface area contributed by atoms with Gasteiger partial charge in [0.2, 0.25) is 0 Å². The van der Waals surface area contributed by atoms with Gasteiger partial charge in [-0.3, -0.25) is 0 Å². The zero-order chi connectivity index (χ0) is 13.4. The molecule has 98 valence electrons. The van der Waals surface area contributed by atoms with E-state index in [-0.39, 0.29) is 22.3 Å². The van der Waals surface area contributed by atoms with Gasteiger partial charge in [-0.2, -0.15) is 0 Å². The summed E-state index contributed by atoms with van der Waals surface area (Å²) in [6, 6.07) is 0. The highest BCUT2D eigenvalue weighted by molar-refractivity contribution is 7.11. The van der Waals surface area contributed by atoms with Gasteiger partial charge in [0.25, 0.3) is 0 Å². The van der Waals surface area contributed by atoms with Crippen LogP contribution in [-0.4, -0.2) is 43.6 Å². The first-order valence-electron chi connectivity index (χ1n) is 6.80. The Bertz CT molecular complexity index is 329. The normalized spacial score (nSPS) is 44.6. The van der Waals surface area contributed by atoms with E-state index >= 15 is 0 Å². The molecule has 3 aliphatic heterocycles. The van der Waals surface area contributed by atoms with Gasteiger partial charge in [-0.05, 0) is 47.9 Å². The first-order valence-corrected chi connectivity index (χ1v) is 6.80. The standard InChI is InChI=1S/C11H21B3O4/c1-8(2)9(3,4)16-13(15-8)14-17-10(5)7-12-11(10,6)18-14/h12H,7H2,1-6H3. The molecular formula is C11H21B3O4. The lowest BCUT2D eigenvalue weighted by atomic mass is 9.38. The van der Waals surface area contributed by atoms with E-state index in [1.54, 1.807) is 0 Å². The van der Waals surface area contributed by atoms with Crippen LogP contribution >= 0.6 is 0 Å². The molecule has 0 saturated carbocycles. The monoisotopic (exact) mass is 250 g/mol. The lowest BCUT2D eigenvalue weighted by molar-refractivity contribution is 0.00578. The SMILES string of the molecule is CC1(C)OB(B2OC3(C)BCC3(C)O2)OC1(C)C. The molecule has 0 aromatic carbocycles. The van der Waals surface area contributed by atoms with Crippen molar-refractivity contribution in [3.05, 3.63) is 0 Å². The molecule has 0 aliphatic carbocycles. The molecule has 0 aromatic rings. The second-order valence-electron chi connectivity index (χ2n) is 7.19. The maximum Gasteiger partial charge on any atom is 0.488 e. The van der Waals surface area contributed by atoms with Crippen LogP contribution in [0.5, 0.6) is 0 Å². The van der Waals surface area contributed by atoms with E-state index in [1.165, 1.54) is 0 Å². The largest absolute Gasteiger partial charge is 0.488 e. The smallest absolute Gasteiger partial charge is 0.413 e. The fourth-order valence-corrected chi connectivity index (χ4v) is 2.84. The second kappa shape index (κ2) is 3.37. The van der Waals surface area contributed by atoms with Gasteiger partial charge >= 0.3 is 14.0 Å². The van der Waals surface area contributed by atoms with E-state index in [0.717, 1.165) is 13.6 Å². The molecule has 3 aliphatic rings. The molecule has 0 N–H and O–H groups in total. The van der Waals surface area contributed by atoms with Crippen LogP contribution in [0.15, 0.2) is 0 Å². The lowest BCUT2D eigenvalue weighted by Gasteiger charge is -2.48. The molecule has 0 bridgehead atoms. The van der Waals surface area contributed by atoms with E-state index in [0.29, 0.717) is 0 Å². The molecule has 0 aromatic heterocycles. The van der Waals surface area contributed by atoms with Gasteiger partial charge in [0.1, 0.15) is 0 Å². The molecule has 3 fully saturated rings. The first-order chi connectivity index (χ1) is 8.09. The van der Waals surface area contributed by atoms with Crippen LogP contribution < -0.4 is 0 Å². The summed E-state index contributed by atoms with van der Waals surface area (Å²) in [5.41, 5.74) is -1.04. The minimum Gasteiger partial charge on any atom is -0.413 e. The van der Waals surface area contributed by atoms with Crippen molar-refractivity contribution >= 4 is 21.3 Å². The van der Waals surface area contributed by atoms with Crippen LogP contribution in [0.2, 0.25) is 6.32 Å². The Kier molecular flexibility index (Phi) is 2.44. The highest BCUT2D eigenvalue weighted by atomic mass is 16.7. The van der Waals surface area contributed by atoms with Crippen LogP contribution in [0.3, 0.4) is 0 Å². The van der Waals surface area contributed by atoms with Crippen molar-refractivity contribution in [1.29, 1.82) is 0 Å². The van der Waals surface area contributed by atoms with Gasteiger partial charge in [-0.25, -0.2) is 0 Å². The minimum absolute atomic E-state index is 0.179. The number of hydrogen-bond acceptors (Lipinski definition) is 4. The fourth-order valence-electron chi connectivity index (χ4n) is 2.84. The Morgan fingerprint density at radius 3 is 1.61 bits per heavy atom. The average Bonchev–Trinajstić information content (AvgIpc) is 2.54. The van der Waals surface area contributed by atoms with Gasteiger partial charge in [-0.1, -0.05) is 0 Å². The Labute approximate surface area is 111 Å². The third-order valence-corrected chi connectivity index (χ3v) is 5.44. The Hall–Kier alpha value is 0.0348. The molecule has 2 atom stereocenters. The third-order valence-electron chi connectivity index (χ3n) is 5.44. The van der Waals surface area contributed by atoms with Crippen LogP contribution in [0.1, 0.15) is 41.5 Å². The third kappa shape index (κ3) is 1.51. The summed E-state index contributed by atoms with van der Waals surface area (Å²) in [6.45, 7) is 12.4. The van der Waals surface area contributed by atoms with Crippen molar-refractivity contribution in [3.63, 3.8) is 0 Å². The molecule has 2 unspecified atom stereocenters. The molecular weight excluding hydrogens is 229 g/mol. The van der Waals surface area contributed by atoms with Crippen molar-refractivity contribution in [2.45, 2.75) is 70.2 Å². The quantitative estimate of drug-likeness (QED) is 0.651. The Balaban J connectivity index is 1.76. The van der Waals surface area contributed by atoms with Gasteiger partial charge in [0.05, 0.1) is 16.8 Å². The first kappa shape index (κ1) is 13.0. The summed E-state index contributed by atoms with van der Waals surface area (Å²) in [5.74, 6) is 0. The second-order valence-corrected chi connectivity index (χ2v) is 7.19. The highest BCUT2D eigenvalue weighted by Gasteiger charge is 2.69. The maximum atomic E-state index is 6.05. The van der Waals surface area contributed by atoms with Crippen LogP contribution in [0.4, 0.5) is 0 Å². The van der Waals surface area contributed by atoms with E-state index in [9.17, 15) is 0 Å². The van der Waals surface area contributed by atoms with Crippen molar-refractivity contribution in [3.8, 4) is 0 Å². The van der Waals surface area contributed by atoms with Crippen molar-refractivity contribution in [1.82, 2.24) is 0 Å². The molecule has 7 heteroatoms. The van der Waals surface area contributed by atoms with Crippen LogP contribution in [-0.2, 0) is 18.6 Å². The Morgan fingerprint density at radius 1 is 0.778 bits per heavy atom. The van der Waals surface area contributed by atoms with Gasteiger partial charge < -0.3 is 18.6 Å². The predicted molar refractivity (Wildman–Crippen MR) is 72.8 cm³/mol. The molecule has 0 amide bonds. The summed E-state index contributed by atoms with van der Waals surface area (Å²) in [4.78, 5) is 0. The molecule has 0 radical (unpaired) electrons.